The van der Waals surface area contributed by atoms with Crippen LogP contribution in [-0.4, -0.2) is 26.3 Å². The molecule has 0 radical (unpaired) electrons. The molecule has 1 rings (SSSR count). The summed E-state index contributed by atoms with van der Waals surface area (Å²) in [5, 5.41) is 3.23. The zero-order chi connectivity index (χ0) is 10.8. The molecule has 1 aromatic rings. The summed E-state index contributed by atoms with van der Waals surface area (Å²) >= 11 is 0. The average Bonchev–Trinajstić information content (AvgIpc) is 2.29. The molecule has 0 atom stereocenters. The van der Waals surface area contributed by atoms with E-state index >= 15 is 0 Å². The molecule has 0 saturated carbocycles. The molecule has 1 aromatic carbocycles. The lowest BCUT2D eigenvalue weighted by molar-refractivity contribution is 0.134. The summed E-state index contributed by atoms with van der Waals surface area (Å²) in [7, 11) is 0. The van der Waals surface area contributed by atoms with Gasteiger partial charge in [-0.3, -0.25) is 0 Å². The van der Waals surface area contributed by atoms with E-state index in [-0.39, 0.29) is 0 Å². The van der Waals surface area contributed by atoms with E-state index in [1.807, 2.05) is 0 Å². The number of aryl methyl sites for hydroxylation is 1. The van der Waals surface area contributed by atoms with E-state index in [0.29, 0.717) is 0 Å². The molecule has 0 saturated heterocycles. The van der Waals surface area contributed by atoms with Gasteiger partial charge in [-0.1, -0.05) is 37.3 Å². The Morgan fingerprint density at radius 3 is 2.67 bits per heavy atom. The topological polar surface area (TPSA) is 21.3 Å². The molecule has 15 heavy (non-hydrogen) atoms. The van der Waals surface area contributed by atoms with Gasteiger partial charge in [0.15, 0.2) is 0 Å². The van der Waals surface area contributed by atoms with E-state index in [1.165, 1.54) is 5.56 Å². The van der Waals surface area contributed by atoms with Gasteiger partial charge in [0.05, 0.1) is 6.61 Å². The summed E-state index contributed by atoms with van der Waals surface area (Å²) in [5.74, 6) is 0. The number of ether oxygens (including phenoxy) is 1. The maximum atomic E-state index is 5.49. The van der Waals surface area contributed by atoms with E-state index in [2.05, 4.69) is 42.6 Å². The first-order valence-electron chi connectivity index (χ1n) is 5.76. The molecule has 2 heteroatoms. The SMILES string of the molecule is CCNCCOCCCc1ccccc1. The van der Waals surface area contributed by atoms with Gasteiger partial charge >= 0.3 is 0 Å². The first kappa shape index (κ1) is 12.2. The Kier molecular flexibility index (Phi) is 6.88. The molecule has 0 fully saturated rings. The summed E-state index contributed by atoms with van der Waals surface area (Å²) in [4.78, 5) is 0. The molecule has 0 aromatic heterocycles. The van der Waals surface area contributed by atoms with Crippen molar-refractivity contribution >= 4 is 0 Å². The lowest BCUT2D eigenvalue weighted by atomic mass is 10.1. The standard InChI is InChI=1S/C13H21NO/c1-2-14-10-12-15-11-6-9-13-7-4-3-5-8-13/h3-5,7-8,14H,2,6,9-12H2,1H3. The number of likely N-dealkylation sites (N-methyl/N-ethyl adjacent to an activating group) is 1. The molecule has 0 unspecified atom stereocenters. The van der Waals surface area contributed by atoms with Crippen LogP contribution in [0.25, 0.3) is 0 Å². The van der Waals surface area contributed by atoms with Crippen LogP contribution < -0.4 is 5.32 Å². The van der Waals surface area contributed by atoms with Crippen molar-refractivity contribution in [2.45, 2.75) is 19.8 Å². The van der Waals surface area contributed by atoms with E-state index in [4.69, 9.17) is 4.74 Å². The van der Waals surface area contributed by atoms with Crippen LogP contribution in [0.15, 0.2) is 30.3 Å². The first-order valence-corrected chi connectivity index (χ1v) is 5.76. The van der Waals surface area contributed by atoms with Gasteiger partial charge in [-0.2, -0.15) is 0 Å². The predicted molar refractivity (Wildman–Crippen MR) is 64.1 cm³/mol. The monoisotopic (exact) mass is 207 g/mol. The summed E-state index contributed by atoms with van der Waals surface area (Å²) < 4.78 is 5.49. The fourth-order valence-electron chi connectivity index (χ4n) is 1.45. The minimum Gasteiger partial charge on any atom is -0.380 e. The van der Waals surface area contributed by atoms with Crippen LogP contribution in [0.1, 0.15) is 18.9 Å². The van der Waals surface area contributed by atoms with Crippen molar-refractivity contribution in [1.29, 1.82) is 0 Å². The van der Waals surface area contributed by atoms with E-state index in [1.54, 1.807) is 0 Å². The summed E-state index contributed by atoms with van der Waals surface area (Å²) in [6.45, 7) is 5.77. The van der Waals surface area contributed by atoms with Crippen LogP contribution in [0.5, 0.6) is 0 Å². The van der Waals surface area contributed by atoms with Gasteiger partial charge in [0.2, 0.25) is 0 Å². The van der Waals surface area contributed by atoms with Gasteiger partial charge in [0.25, 0.3) is 0 Å². The molecule has 2 nitrogen and oxygen atoms in total. The predicted octanol–water partition coefficient (Wildman–Crippen LogP) is 2.25. The van der Waals surface area contributed by atoms with Crippen LogP contribution in [0.3, 0.4) is 0 Å². The third-order valence-corrected chi connectivity index (χ3v) is 2.27. The van der Waals surface area contributed by atoms with Crippen molar-refractivity contribution in [2.75, 3.05) is 26.3 Å². The average molecular weight is 207 g/mol. The molecule has 0 aliphatic rings. The third kappa shape index (κ3) is 6.26. The molecule has 0 aliphatic heterocycles. The van der Waals surface area contributed by atoms with Crippen LogP contribution >= 0.6 is 0 Å². The Labute approximate surface area is 92.6 Å². The van der Waals surface area contributed by atoms with Crippen LogP contribution in [0.4, 0.5) is 0 Å². The molecule has 0 aliphatic carbocycles. The minimum absolute atomic E-state index is 0.822. The van der Waals surface area contributed by atoms with E-state index in [0.717, 1.165) is 39.1 Å². The van der Waals surface area contributed by atoms with Gasteiger partial charge in [-0.25, -0.2) is 0 Å². The number of rotatable bonds is 8. The van der Waals surface area contributed by atoms with Gasteiger partial charge in [0.1, 0.15) is 0 Å². The van der Waals surface area contributed by atoms with Gasteiger partial charge in [0, 0.05) is 13.2 Å². The zero-order valence-electron chi connectivity index (χ0n) is 9.54. The third-order valence-electron chi connectivity index (χ3n) is 2.27. The van der Waals surface area contributed by atoms with Crippen LogP contribution in [-0.2, 0) is 11.2 Å². The van der Waals surface area contributed by atoms with Crippen molar-refractivity contribution in [3.05, 3.63) is 35.9 Å². The highest BCUT2D eigenvalue weighted by atomic mass is 16.5. The normalized spacial score (nSPS) is 10.5. The quantitative estimate of drug-likeness (QED) is 0.660. The molecular formula is C13H21NO. The largest absolute Gasteiger partial charge is 0.380 e. The number of hydrogen-bond acceptors (Lipinski definition) is 2. The Bertz CT molecular complexity index is 236. The smallest absolute Gasteiger partial charge is 0.0590 e. The Morgan fingerprint density at radius 1 is 1.13 bits per heavy atom. The van der Waals surface area contributed by atoms with Gasteiger partial charge in [-0.15, -0.1) is 0 Å². The number of hydrogen-bond donors (Lipinski definition) is 1. The highest BCUT2D eigenvalue weighted by Crippen LogP contribution is 2.01. The Hall–Kier alpha value is -0.860. The first-order chi connectivity index (χ1) is 7.43. The number of benzene rings is 1. The lowest BCUT2D eigenvalue weighted by Gasteiger charge is -2.04. The van der Waals surface area contributed by atoms with Crippen molar-refractivity contribution in [2.24, 2.45) is 0 Å². The highest BCUT2D eigenvalue weighted by Gasteiger charge is 1.92. The minimum atomic E-state index is 0.822. The Morgan fingerprint density at radius 2 is 1.93 bits per heavy atom. The summed E-state index contributed by atoms with van der Waals surface area (Å²) in [6, 6.07) is 10.6. The second-order valence-electron chi connectivity index (χ2n) is 3.56. The molecule has 0 heterocycles. The molecule has 0 bridgehead atoms. The van der Waals surface area contributed by atoms with Crippen molar-refractivity contribution in [3.8, 4) is 0 Å². The lowest BCUT2D eigenvalue weighted by Crippen LogP contribution is -2.19. The fraction of sp³-hybridized carbons (Fsp3) is 0.538. The summed E-state index contributed by atoms with van der Waals surface area (Å²) in [5.41, 5.74) is 1.40. The molecule has 0 spiro atoms. The number of nitrogens with one attached hydrogen (secondary N) is 1. The maximum Gasteiger partial charge on any atom is 0.0590 e. The Balaban J connectivity index is 1.93. The molecule has 84 valence electrons. The van der Waals surface area contributed by atoms with Crippen molar-refractivity contribution < 1.29 is 4.74 Å². The zero-order valence-corrected chi connectivity index (χ0v) is 9.54. The fourth-order valence-corrected chi connectivity index (χ4v) is 1.45. The van der Waals surface area contributed by atoms with Crippen LogP contribution in [0.2, 0.25) is 0 Å². The van der Waals surface area contributed by atoms with Crippen molar-refractivity contribution in [1.82, 2.24) is 5.32 Å². The second-order valence-corrected chi connectivity index (χ2v) is 3.56. The van der Waals surface area contributed by atoms with E-state index in [9.17, 15) is 0 Å². The molecule has 1 N–H and O–H groups in total. The summed E-state index contributed by atoms with van der Waals surface area (Å²) in [6.07, 6.45) is 2.22. The molecular weight excluding hydrogens is 186 g/mol. The van der Waals surface area contributed by atoms with Gasteiger partial charge < -0.3 is 10.1 Å². The maximum absolute atomic E-state index is 5.49. The van der Waals surface area contributed by atoms with E-state index < -0.39 is 0 Å². The second kappa shape index (κ2) is 8.45. The highest BCUT2D eigenvalue weighted by molar-refractivity contribution is 5.14. The molecule has 0 amide bonds. The van der Waals surface area contributed by atoms with Gasteiger partial charge in [-0.05, 0) is 24.9 Å². The van der Waals surface area contributed by atoms with Crippen LogP contribution in [0, 0.1) is 0 Å². The van der Waals surface area contributed by atoms with Crippen molar-refractivity contribution in [3.63, 3.8) is 0 Å².